The largest absolute Gasteiger partial charge is 0.495 e. The molecule has 0 N–H and O–H groups in total. The van der Waals surface area contributed by atoms with Gasteiger partial charge in [-0.2, -0.15) is 0 Å². The van der Waals surface area contributed by atoms with Gasteiger partial charge >= 0.3 is 0 Å². The highest BCUT2D eigenvalue weighted by Gasteiger charge is 2.48. The van der Waals surface area contributed by atoms with Crippen LogP contribution in [0.2, 0.25) is 0 Å². The van der Waals surface area contributed by atoms with E-state index in [9.17, 15) is 8.42 Å². The number of allylic oxidation sites excluding steroid dienone is 1. The van der Waals surface area contributed by atoms with Gasteiger partial charge in [-0.25, -0.2) is 8.42 Å². The number of hydrogen-bond donors (Lipinski definition) is 0. The number of sulfone groups is 1. The molecule has 1 aliphatic heterocycles. The van der Waals surface area contributed by atoms with Crippen molar-refractivity contribution in [2.75, 3.05) is 12.4 Å². The van der Waals surface area contributed by atoms with Crippen LogP contribution in [0.1, 0.15) is 57.9 Å². The number of benzene rings is 1. The molecule has 1 saturated carbocycles. The van der Waals surface area contributed by atoms with Crippen molar-refractivity contribution < 1.29 is 22.6 Å². The van der Waals surface area contributed by atoms with Crippen LogP contribution < -0.4 is 0 Å². The second-order valence-corrected chi connectivity index (χ2v) is 10.9. The van der Waals surface area contributed by atoms with Crippen molar-refractivity contribution in [3.63, 3.8) is 0 Å². The molecule has 0 radical (unpaired) electrons. The minimum absolute atomic E-state index is 0.0202. The molecule has 0 bridgehead atoms. The second-order valence-electron chi connectivity index (χ2n) is 8.54. The summed E-state index contributed by atoms with van der Waals surface area (Å²) in [6.07, 6.45) is 3.82. The average molecular weight is 437 g/mol. The highest BCUT2D eigenvalue weighted by molar-refractivity contribution is 7.92. The lowest BCUT2D eigenvalue weighted by Crippen LogP contribution is -2.53. The Morgan fingerprint density at radius 2 is 1.87 bits per heavy atom. The quantitative estimate of drug-likeness (QED) is 0.534. The summed E-state index contributed by atoms with van der Waals surface area (Å²) in [6.45, 7) is 8.89. The molecule has 1 aliphatic carbocycles. The molecule has 0 amide bonds. The van der Waals surface area contributed by atoms with Crippen molar-refractivity contribution >= 4 is 9.84 Å². The maximum absolute atomic E-state index is 13.2. The first kappa shape index (κ1) is 23.3. The van der Waals surface area contributed by atoms with Crippen molar-refractivity contribution in [3.05, 3.63) is 48.2 Å². The van der Waals surface area contributed by atoms with Crippen LogP contribution in [0.15, 0.2) is 42.7 Å². The highest BCUT2D eigenvalue weighted by atomic mass is 32.2. The van der Waals surface area contributed by atoms with Crippen molar-refractivity contribution in [1.29, 1.82) is 0 Å². The van der Waals surface area contributed by atoms with Crippen LogP contribution in [0.5, 0.6) is 0 Å². The molecule has 1 aromatic carbocycles. The summed E-state index contributed by atoms with van der Waals surface area (Å²) < 4.78 is 44.9. The Bertz CT molecular complexity index is 776. The summed E-state index contributed by atoms with van der Waals surface area (Å²) in [6, 6.07) is 10.00. The highest BCUT2D eigenvalue weighted by Crippen LogP contribution is 2.40. The molecule has 6 heteroatoms. The molecule has 30 heavy (non-hydrogen) atoms. The average Bonchev–Trinajstić information content (AvgIpc) is 3.17. The third kappa shape index (κ3) is 5.86. The summed E-state index contributed by atoms with van der Waals surface area (Å²) >= 11 is 0. The third-order valence-electron chi connectivity index (χ3n) is 6.13. The van der Waals surface area contributed by atoms with Crippen molar-refractivity contribution in [2.45, 2.75) is 82.5 Å². The number of ether oxygens (including phenoxy) is 3. The number of hydrogen-bond acceptors (Lipinski definition) is 5. The molecule has 2 aliphatic rings. The van der Waals surface area contributed by atoms with Crippen molar-refractivity contribution in [3.8, 4) is 0 Å². The van der Waals surface area contributed by atoms with Gasteiger partial charge < -0.3 is 14.2 Å². The van der Waals surface area contributed by atoms with Crippen LogP contribution >= 0.6 is 0 Å². The molecule has 1 aromatic rings. The summed E-state index contributed by atoms with van der Waals surface area (Å²) in [5, 5.41) is -0.555. The lowest BCUT2D eigenvalue weighted by atomic mass is 9.80. The van der Waals surface area contributed by atoms with Crippen molar-refractivity contribution in [2.24, 2.45) is 5.92 Å². The fourth-order valence-electron chi connectivity index (χ4n) is 4.67. The van der Waals surface area contributed by atoms with Crippen LogP contribution in [0.25, 0.3) is 0 Å². The molecular weight excluding hydrogens is 400 g/mol. The maximum atomic E-state index is 13.2. The zero-order valence-electron chi connectivity index (χ0n) is 18.3. The summed E-state index contributed by atoms with van der Waals surface area (Å²) in [5.41, 5.74) is 1.08. The SMILES string of the molecule is C=C1CCC(C2CC(OCc3ccccc3)C(OCCC)C(S(=O)(=O)CCC)C2)O1. The Balaban J connectivity index is 1.84. The summed E-state index contributed by atoms with van der Waals surface area (Å²) in [5.74, 6) is 1.11. The van der Waals surface area contributed by atoms with Gasteiger partial charge in [0, 0.05) is 13.0 Å². The molecular formula is C24H36O5S. The Kier molecular flexibility index (Phi) is 8.37. The van der Waals surface area contributed by atoms with E-state index >= 15 is 0 Å². The Morgan fingerprint density at radius 1 is 1.10 bits per heavy atom. The lowest BCUT2D eigenvalue weighted by molar-refractivity contribution is -0.116. The van der Waals surface area contributed by atoms with Gasteiger partial charge in [0.05, 0.1) is 29.5 Å². The van der Waals surface area contributed by atoms with Gasteiger partial charge in [-0.3, -0.25) is 0 Å². The third-order valence-corrected chi connectivity index (χ3v) is 8.49. The van der Waals surface area contributed by atoms with E-state index in [-0.39, 0.29) is 23.9 Å². The topological polar surface area (TPSA) is 61.8 Å². The van der Waals surface area contributed by atoms with E-state index in [4.69, 9.17) is 14.2 Å². The predicted molar refractivity (Wildman–Crippen MR) is 119 cm³/mol. The standard InChI is InChI=1S/C24H36O5S/c1-4-13-27-24-22(28-17-19-9-7-6-8-10-19)15-20(21-12-11-18(3)29-21)16-23(24)30(25,26)14-5-2/h6-10,20-24H,3-5,11-17H2,1-2H3. The fraction of sp³-hybridized carbons (Fsp3) is 0.667. The minimum atomic E-state index is -3.29. The first-order chi connectivity index (χ1) is 14.4. The van der Waals surface area contributed by atoms with Crippen LogP contribution in [-0.2, 0) is 30.7 Å². The molecule has 0 spiro atoms. The van der Waals surface area contributed by atoms with Gasteiger partial charge in [-0.15, -0.1) is 0 Å². The van der Waals surface area contributed by atoms with E-state index in [1.165, 1.54) is 0 Å². The fourth-order valence-corrected chi connectivity index (χ4v) is 6.74. The normalized spacial score (nSPS) is 29.7. The van der Waals surface area contributed by atoms with Gasteiger partial charge in [0.2, 0.25) is 0 Å². The predicted octanol–water partition coefficient (Wildman–Crippen LogP) is 4.66. The van der Waals surface area contributed by atoms with Crippen molar-refractivity contribution in [1.82, 2.24) is 0 Å². The Morgan fingerprint density at radius 3 is 2.50 bits per heavy atom. The smallest absolute Gasteiger partial charge is 0.155 e. The monoisotopic (exact) mass is 436 g/mol. The molecule has 2 fully saturated rings. The summed E-state index contributed by atoms with van der Waals surface area (Å²) in [7, 11) is -3.29. The molecule has 168 valence electrons. The molecule has 3 rings (SSSR count). The second kappa shape index (κ2) is 10.8. The molecule has 5 unspecified atom stereocenters. The van der Waals surface area contributed by atoms with Crippen LogP contribution in [0, 0.1) is 5.92 Å². The van der Waals surface area contributed by atoms with Crippen LogP contribution in [-0.4, -0.2) is 44.3 Å². The van der Waals surface area contributed by atoms with E-state index in [2.05, 4.69) is 6.58 Å². The van der Waals surface area contributed by atoms with E-state index in [1.54, 1.807) is 0 Å². The molecule has 1 heterocycles. The Labute approximate surface area is 181 Å². The van der Waals surface area contributed by atoms with Gasteiger partial charge in [-0.1, -0.05) is 50.8 Å². The zero-order valence-corrected chi connectivity index (χ0v) is 19.1. The van der Waals surface area contributed by atoms with Crippen LogP contribution in [0.3, 0.4) is 0 Å². The van der Waals surface area contributed by atoms with E-state index < -0.39 is 21.2 Å². The molecule has 5 nitrogen and oxygen atoms in total. The summed E-state index contributed by atoms with van der Waals surface area (Å²) in [4.78, 5) is 0. The minimum Gasteiger partial charge on any atom is -0.495 e. The number of rotatable bonds is 10. The van der Waals surface area contributed by atoms with E-state index in [0.717, 1.165) is 37.0 Å². The Hall–Kier alpha value is -1.37. The van der Waals surface area contributed by atoms with E-state index in [0.29, 0.717) is 26.1 Å². The first-order valence-electron chi connectivity index (χ1n) is 11.3. The molecule has 1 saturated heterocycles. The van der Waals surface area contributed by atoms with E-state index in [1.807, 2.05) is 44.2 Å². The van der Waals surface area contributed by atoms with Gasteiger partial charge in [0.1, 0.15) is 12.2 Å². The van der Waals surface area contributed by atoms with Crippen LogP contribution in [0.4, 0.5) is 0 Å². The van der Waals surface area contributed by atoms with Gasteiger partial charge in [-0.05, 0) is 43.6 Å². The molecule has 5 atom stereocenters. The van der Waals surface area contributed by atoms with Gasteiger partial charge in [0.25, 0.3) is 0 Å². The zero-order chi connectivity index (χ0) is 21.6. The maximum Gasteiger partial charge on any atom is 0.155 e. The first-order valence-corrected chi connectivity index (χ1v) is 13.0. The van der Waals surface area contributed by atoms with Gasteiger partial charge in [0.15, 0.2) is 9.84 Å². The lowest BCUT2D eigenvalue weighted by Gasteiger charge is -2.42. The molecule has 0 aromatic heterocycles.